The molecule has 1 aromatic carbocycles. The molecule has 0 spiro atoms. The number of methoxy groups -OCH3 is 1. The number of aromatic nitrogens is 1. The van der Waals surface area contributed by atoms with Crippen molar-refractivity contribution in [3.63, 3.8) is 0 Å². The van der Waals surface area contributed by atoms with Gasteiger partial charge in [0.1, 0.15) is 12.6 Å². The number of fused-ring (bicyclic) bond motifs is 1. The van der Waals surface area contributed by atoms with Gasteiger partial charge in [0.15, 0.2) is 6.20 Å². The maximum absolute atomic E-state index is 11.4. The van der Waals surface area contributed by atoms with Crippen molar-refractivity contribution in [1.29, 1.82) is 0 Å². The molecule has 2 aromatic rings. The fraction of sp³-hybridized carbons (Fsp3) is 0.167. The van der Waals surface area contributed by atoms with Crippen LogP contribution in [0.25, 0.3) is 10.9 Å². The highest BCUT2D eigenvalue weighted by Gasteiger charge is 2.13. The van der Waals surface area contributed by atoms with Crippen LogP contribution in [0.2, 0.25) is 0 Å². The average Bonchev–Trinajstić information content (AvgIpc) is 2.28. The number of pyridine rings is 1. The molecule has 3 nitrogen and oxygen atoms in total. The molecule has 0 aliphatic carbocycles. The van der Waals surface area contributed by atoms with Crippen molar-refractivity contribution in [3.8, 4) is 0 Å². The first-order valence-corrected chi connectivity index (χ1v) is 4.69. The van der Waals surface area contributed by atoms with Crippen molar-refractivity contribution in [2.45, 2.75) is 0 Å². The summed E-state index contributed by atoms with van der Waals surface area (Å²) in [6.45, 7) is 0. The Hall–Kier alpha value is -1.90. The van der Waals surface area contributed by atoms with Crippen molar-refractivity contribution in [2.75, 3.05) is 7.11 Å². The lowest BCUT2D eigenvalue weighted by Gasteiger charge is -2.00. The SMILES string of the molecule is COC(=O)c1cc2ccccc2[n+](C)c1. The third-order valence-corrected chi connectivity index (χ3v) is 2.38. The van der Waals surface area contributed by atoms with Gasteiger partial charge in [-0.3, -0.25) is 0 Å². The number of hydrogen-bond acceptors (Lipinski definition) is 2. The van der Waals surface area contributed by atoms with Crippen molar-refractivity contribution in [2.24, 2.45) is 7.05 Å². The quantitative estimate of drug-likeness (QED) is 0.517. The second-order valence-corrected chi connectivity index (χ2v) is 3.39. The van der Waals surface area contributed by atoms with Gasteiger partial charge in [0.25, 0.3) is 0 Å². The van der Waals surface area contributed by atoms with E-state index in [0.29, 0.717) is 5.56 Å². The minimum Gasteiger partial charge on any atom is -0.465 e. The second kappa shape index (κ2) is 3.69. The summed E-state index contributed by atoms with van der Waals surface area (Å²) in [6.07, 6.45) is 1.77. The smallest absolute Gasteiger partial charge is 0.343 e. The third-order valence-electron chi connectivity index (χ3n) is 2.38. The van der Waals surface area contributed by atoms with Gasteiger partial charge in [-0.15, -0.1) is 0 Å². The summed E-state index contributed by atoms with van der Waals surface area (Å²) >= 11 is 0. The van der Waals surface area contributed by atoms with Crippen molar-refractivity contribution in [3.05, 3.63) is 42.1 Å². The fourth-order valence-corrected chi connectivity index (χ4v) is 1.64. The number of ether oxygens (including phenoxy) is 1. The van der Waals surface area contributed by atoms with Crippen LogP contribution >= 0.6 is 0 Å². The Labute approximate surface area is 87.9 Å². The average molecular weight is 202 g/mol. The summed E-state index contributed by atoms with van der Waals surface area (Å²) in [5, 5.41) is 1.03. The van der Waals surface area contributed by atoms with E-state index in [1.165, 1.54) is 7.11 Å². The number of benzene rings is 1. The van der Waals surface area contributed by atoms with Gasteiger partial charge in [0.2, 0.25) is 5.52 Å². The number of carbonyl (C=O) groups is 1. The zero-order valence-corrected chi connectivity index (χ0v) is 8.73. The summed E-state index contributed by atoms with van der Waals surface area (Å²) in [6, 6.07) is 9.74. The van der Waals surface area contributed by atoms with Gasteiger partial charge >= 0.3 is 5.97 Å². The Kier molecular flexibility index (Phi) is 2.37. The van der Waals surface area contributed by atoms with Gasteiger partial charge in [-0.1, -0.05) is 12.1 Å². The van der Waals surface area contributed by atoms with E-state index in [0.717, 1.165) is 10.9 Å². The van der Waals surface area contributed by atoms with Crippen LogP contribution in [0.15, 0.2) is 36.5 Å². The molecule has 0 saturated heterocycles. The van der Waals surface area contributed by atoms with E-state index in [-0.39, 0.29) is 5.97 Å². The number of para-hydroxylation sites is 1. The first-order chi connectivity index (χ1) is 7.22. The minimum absolute atomic E-state index is 0.309. The molecule has 15 heavy (non-hydrogen) atoms. The van der Waals surface area contributed by atoms with E-state index in [2.05, 4.69) is 4.74 Å². The Morgan fingerprint density at radius 3 is 2.80 bits per heavy atom. The predicted octanol–water partition coefficient (Wildman–Crippen LogP) is 1.45. The highest BCUT2D eigenvalue weighted by atomic mass is 16.5. The lowest BCUT2D eigenvalue weighted by molar-refractivity contribution is -0.645. The normalized spacial score (nSPS) is 10.3. The number of hydrogen-bond donors (Lipinski definition) is 0. The lowest BCUT2D eigenvalue weighted by atomic mass is 10.1. The molecule has 2 rings (SSSR count). The standard InChI is InChI=1S/C12H12NO2/c1-13-8-10(12(14)15-2)7-9-5-3-4-6-11(9)13/h3-8H,1-2H3/q+1. The summed E-state index contributed by atoms with van der Waals surface area (Å²) in [7, 11) is 3.30. The molecule has 3 heteroatoms. The fourth-order valence-electron chi connectivity index (χ4n) is 1.64. The van der Waals surface area contributed by atoms with Crippen molar-refractivity contribution in [1.82, 2.24) is 0 Å². The summed E-state index contributed by atoms with van der Waals surface area (Å²) < 4.78 is 6.61. The van der Waals surface area contributed by atoms with E-state index in [1.54, 1.807) is 6.20 Å². The molecule has 0 amide bonds. The van der Waals surface area contributed by atoms with Crippen LogP contribution in [0.1, 0.15) is 10.4 Å². The molecule has 1 aromatic heterocycles. The van der Waals surface area contributed by atoms with E-state index >= 15 is 0 Å². The Morgan fingerprint density at radius 2 is 2.07 bits per heavy atom. The maximum Gasteiger partial charge on any atom is 0.343 e. The number of rotatable bonds is 1. The minimum atomic E-state index is -0.309. The number of nitrogens with zero attached hydrogens (tertiary/aromatic N) is 1. The number of carbonyl (C=O) groups excluding carboxylic acids is 1. The van der Waals surface area contributed by atoms with Crippen molar-refractivity contribution >= 4 is 16.9 Å². The van der Waals surface area contributed by atoms with Crippen LogP contribution in [0, 0.1) is 0 Å². The van der Waals surface area contributed by atoms with Gasteiger partial charge < -0.3 is 4.74 Å². The van der Waals surface area contributed by atoms with Gasteiger partial charge in [0, 0.05) is 11.5 Å². The van der Waals surface area contributed by atoms with Crippen LogP contribution in [-0.2, 0) is 11.8 Å². The second-order valence-electron chi connectivity index (χ2n) is 3.39. The molecule has 0 atom stereocenters. The van der Waals surface area contributed by atoms with E-state index in [1.807, 2.05) is 41.9 Å². The van der Waals surface area contributed by atoms with Crippen LogP contribution < -0.4 is 4.57 Å². The molecule has 0 radical (unpaired) electrons. The molecule has 0 unspecified atom stereocenters. The molecule has 0 aliphatic rings. The molecule has 76 valence electrons. The monoisotopic (exact) mass is 202 g/mol. The molecule has 0 bridgehead atoms. The van der Waals surface area contributed by atoms with E-state index in [4.69, 9.17) is 0 Å². The molecule has 0 N–H and O–H groups in total. The number of esters is 1. The molecule has 0 fully saturated rings. The van der Waals surface area contributed by atoms with Gasteiger partial charge in [-0.05, 0) is 12.1 Å². The van der Waals surface area contributed by atoms with E-state index < -0.39 is 0 Å². The van der Waals surface area contributed by atoms with Crippen LogP contribution in [0.5, 0.6) is 0 Å². The first-order valence-electron chi connectivity index (χ1n) is 4.69. The largest absolute Gasteiger partial charge is 0.465 e. The van der Waals surface area contributed by atoms with Crippen molar-refractivity contribution < 1.29 is 14.1 Å². The third kappa shape index (κ3) is 1.68. The summed E-state index contributed by atoms with van der Waals surface area (Å²) in [4.78, 5) is 11.4. The Balaban J connectivity index is 2.67. The van der Waals surface area contributed by atoms with Crippen LogP contribution in [0.4, 0.5) is 0 Å². The molecule has 0 aliphatic heterocycles. The zero-order chi connectivity index (χ0) is 10.8. The summed E-state index contributed by atoms with van der Waals surface area (Å²) in [5.74, 6) is -0.309. The number of aryl methyl sites for hydroxylation is 1. The predicted molar refractivity (Wildman–Crippen MR) is 56.5 cm³/mol. The zero-order valence-electron chi connectivity index (χ0n) is 8.73. The van der Waals surface area contributed by atoms with Gasteiger partial charge in [-0.2, -0.15) is 0 Å². The van der Waals surface area contributed by atoms with Gasteiger partial charge in [0.05, 0.1) is 7.11 Å². The lowest BCUT2D eigenvalue weighted by Crippen LogP contribution is -2.30. The Bertz CT molecular complexity index is 520. The molecule has 0 saturated carbocycles. The maximum atomic E-state index is 11.4. The Morgan fingerprint density at radius 1 is 1.33 bits per heavy atom. The van der Waals surface area contributed by atoms with Gasteiger partial charge in [-0.25, -0.2) is 9.36 Å². The highest BCUT2D eigenvalue weighted by Crippen LogP contribution is 2.11. The molecule has 1 heterocycles. The van der Waals surface area contributed by atoms with Crippen LogP contribution in [0.3, 0.4) is 0 Å². The summed E-state index contributed by atoms with van der Waals surface area (Å²) in [5.41, 5.74) is 1.66. The molecular formula is C12H12NO2+. The van der Waals surface area contributed by atoms with E-state index in [9.17, 15) is 4.79 Å². The first kappa shape index (κ1) is 9.65. The topological polar surface area (TPSA) is 30.2 Å². The van der Waals surface area contributed by atoms with Crippen LogP contribution in [-0.4, -0.2) is 13.1 Å². The molecular weight excluding hydrogens is 190 g/mol. The highest BCUT2D eigenvalue weighted by molar-refractivity contribution is 5.92.